The van der Waals surface area contributed by atoms with Gasteiger partial charge in [-0.05, 0) is 18.2 Å². The van der Waals surface area contributed by atoms with Crippen LogP contribution in [0.15, 0.2) is 24.3 Å². The van der Waals surface area contributed by atoms with E-state index in [0.717, 1.165) is 16.6 Å². The topological polar surface area (TPSA) is 36.1 Å². The van der Waals surface area contributed by atoms with Crippen LogP contribution in [0.1, 0.15) is 24.3 Å². The highest BCUT2D eigenvalue weighted by atomic mass is 16.1. The standard InChI is InChI=1S/C14H18N2O/c1-9(2)14(17)13-7-10-5-6-11(16(3)4)8-12(10)15-13/h5-9,15H,1-4H3. The van der Waals surface area contributed by atoms with Gasteiger partial charge < -0.3 is 9.88 Å². The Hall–Kier alpha value is -1.77. The van der Waals surface area contributed by atoms with E-state index in [2.05, 4.69) is 17.1 Å². The van der Waals surface area contributed by atoms with Crippen LogP contribution in [-0.2, 0) is 0 Å². The van der Waals surface area contributed by atoms with Gasteiger partial charge in [0.25, 0.3) is 0 Å². The Morgan fingerprint density at radius 1 is 1.24 bits per heavy atom. The smallest absolute Gasteiger partial charge is 0.181 e. The Balaban J connectivity index is 2.47. The lowest BCUT2D eigenvalue weighted by atomic mass is 10.1. The number of Topliss-reactive ketones (excluding diaryl/α,β-unsaturated/α-hetero) is 1. The quantitative estimate of drug-likeness (QED) is 0.822. The number of ketones is 1. The fraction of sp³-hybridized carbons (Fsp3) is 0.357. The number of hydrogen-bond donors (Lipinski definition) is 1. The zero-order valence-electron chi connectivity index (χ0n) is 10.7. The summed E-state index contributed by atoms with van der Waals surface area (Å²) >= 11 is 0. The number of carbonyl (C=O) groups excluding carboxylic acids is 1. The summed E-state index contributed by atoms with van der Waals surface area (Å²) in [5, 5.41) is 1.08. The molecular formula is C14H18N2O. The van der Waals surface area contributed by atoms with E-state index < -0.39 is 0 Å². The lowest BCUT2D eigenvalue weighted by molar-refractivity contribution is 0.0935. The van der Waals surface area contributed by atoms with Crippen molar-refractivity contribution in [3.8, 4) is 0 Å². The lowest BCUT2D eigenvalue weighted by Crippen LogP contribution is -2.08. The Kier molecular flexibility index (Phi) is 2.92. The number of nitrogens with zero attached hydrogens (tertiary/aromatic N) is 1. The van der Waals surface area contributed by atoms with Crippen LogP contribution in [0.3, 0.4) is 0 Å². The van der Waals surface area contributed by atoms with Crippen molar-refractivity contribution in [2.45, 2.75) is 13.8 Å². The normalized spacial score (nSPS) is 11.1. The number of aromatic nitrogens is 1. The van der Waals surface area contributed by atoms with Gasteiger partial charge in [-0.15, -0.1) is 0 Å². The van der Waals surface area contributed by atoms with Crippen LogP contribution in [0.2, 0.25) is 0 Å². The van der Waals surface area contributed by atoms with Gasteiger partial charge in [-0.1, -0.05) is 19.9 Å². The molecule has 2 rings (SSSR count). The van der Waals surface area contributed by atoms with Crippen molar-refractivity contribution >= 4 is 22.4 Å². The maximum absolute atomic E-state index is 11.9. The molecule has 1 aromatic carbocycles. The van der Waals surface area contributed by atoms with Crippen LogP contribution in [0.4, 0.5) is 5.69 Å². The SMILES string of the molecule is CC(C)C(=O)c1cc2ccc(N(C)C)cc2[nH]1. The van der Waals surface area contributed by atoms with Gasteiger partial charge in [-0.3, -0.25) is 4.79 Å². The van der Waals surface area contributed by atoms with Gasteiger partial charge in [0.1, 0.15) is 0 Å². The molecule has 1 aromatic heterocycles. The average molecular weight is 230 g/mol. The number of benzene rings is 1. The van der Waals surface area contributed by atoms with Gasteiger partial charge >= 0.3 is 0 Å². The molecule has 0 aliphatic carbocycles. The van der Waals surface area contributed by atoms with Crippen molar-refractivity contribution in [1.29, 1.82) is 0 Å². The average Bonchev–Trinajstić information content (AvgIpc) is 2.69. The highest BCUT2D eigenvalue weighted by Crippen LogP contribution is 2.22. The molecule has 1 heterocycles. The lowest BCUT2D eigenvalue weighted by Gasteiger charge is -2.11. The highest BCUT2D eigenvalue weighted by Gasteiger charge is 2.13. The highest BCUT2D eigenvalue weighted by molar-refractivity contribution is 6.00. The van der Waals surface area contributed by atoms with E-state index >= 15 is 0 Å². The number of rotatable bonds is 3. The number of hydrogen-bond acceptors (Lipinski definition) is 2. The molecule has 0 radical (unpaired) electrons. The molecular weight excluding hydrogens is 212 g/mol. The summed E-state index contributed by atoms with van der Waals surface area (Å²) in [5.41, 5.74) is 2.84. The fourth-order valence-corrected chi connectivity index (χ4v) is 1.84. The third kappa shape index (κ3) is 2.18. The molecule has 1 N–H and O–H groups in total. The number of anilines is 1. The molecule has 3 heteroatoms. The van der Waals surface area contributed by atoms with Gasteiger partial charge in [-0.25, -0.2) is 0 Å². The molecule has 0 unspecified atom stereocenters. The number of nitrogens with one attached hydrogen (secondary N) is 1. The number of aromatic amines is 1. The van der Waals surface area contributed by atoms with Crippen LogP contribution >= 0.6 is 0 Å². The van der Waals surface area contributed by atoms with Gasteiger partial charge in [0.15, 0.2) is 5.78 Å². The van der Waals surface area contributed by atoms with E-state index in [4.69, 9.17) is 0 Å². The van der Waals surface area contributed by atoms with Crippen molar-refractivity contribution in [1.82, 2.24) is 4.98 Å². The second kappa shape index (κ2) is 4.24. The predicted octanol–water partition coefficient (Wildman–Crippen LogP) is 3.07. The van der Waals surface area contributed by atoms with E-state index in [1.807, 2.05) is 45.0 Å². The molecule has 0 spiro atoms. The molecule has 0 aliphatic heterocycles. The minimum atomic E-state index is 0.0244. The molecule has 0 amide bonds. The van der Waals surface area contributed by atoms with E-state index in [-0.39, 0.29) is 11.7 Å². The van der Waals surface area contributed by atoms with Crippen molar-refractivity contribution in [3.63, 3.8) is 0 Å². The summed E-state index contributed by atoms with van der Waals surface area (Å²) in [5.74, 6) is 0.184. The van der Waals surface area contributed by atoms with E-state index in [1.54, 1.807) is 0 Å². The van der Waals surface area contributed by atoms with Crippen LogP contribution in [0, 0.1) is 5.92 Å². The van der Waals surface area contributed by atoms with E-state index in [0.29, 0.717) is 5.69 Å². The molecule has 0 atom stereocenters. The Bertz CT molecular complexity index is 552. The largest absolute Gasteiger partial charge is 0.378 e. The Morgan fingerprint density at radius 2 is 1.94 bits per heavy atom. The van der Waals surface area contributed by atoms with Crippen molar-refractivity contribution < 1.29 is 4.79 Å². The summed E-state index contributed by atoms with van der Waals surface area (Å²) in [6, 6.07) is 8.08. The summed E-state index contributed by atoms with van der Waals surface area (Å²) in [4.78, 5) is 17.1. The second-order valence-electron chi connectivity index (χ2n) is 4.87. The van der Waals surface area contributed by atoms with Gasteiger partial charge in [0.2, 0.25) is 0 Å². The number of H-pyrrole nitrogens is 1. The van der Waals surface area contributed by atoms with Crippen LogP contribution in [-0.4, -0.2) is 24.9 Å². The Morgan fingerprint density at radius 3 is 2.53 bits per heavy atom. The second-order valence-corrected chi connectivity index (χ2v) is 4.87. The van der Waals surface area contributed by atoms with Crippen LogP contribution < -0.4 is 4.90 Å². The molecule has 90 valence electrons. The molecule has 2 aromatic rings. The van der Waals surface area contributed by atoms with Crippen molar-refractivity contribution in [3.05, 3.63) is 30.0 Å². The first kappa shape index (κ1) is 11.7. The third-order valence-electron chi connectivity index (χ3n) is 2.91. The van der Waals surface area contributed by atoms with Crippen molar-refractivity contribution in [2.75, 3.05) is 19.0 Å². The summed E-state index contributed by atoms with van der Waals surface area (Å²) < 4.78 is 0. The number of carbonyl (C=O) groups is 1. The predicted molar refractivity (Wildman–Crippen MR) is 71.8 cm³/mol. The van der Waals surface area contributed by atoms with Crippen LogP contribution in [0.5, 0.6) is 0 Å². The third-order valence-corrected chi connectivity index (χ3v) is 2.91. The molecule has 17 heavy (non-hydrogen) atoms. The van der Waals surface area contributed by atoms with E-state index in [9.17, 15) is 4.79 Å². The molecule has 0 saturated heterocycles. The van der Waals surface area contributed by atoms with E-state index in [1.165, 1.54) is 0 Å². The minimum absolute atomic E-state index is 0.0244. The van der Waals surface area contributed by atoms with Gasteiger partial charge in [0.05, 0.1) is 5.69 Å². The van der Waals surface area contributed by atoms with Gasteiger partial charge in [0, 0.05) is 36.6 Å². The zero-order chi connectivity index (χ0) is 12.6. The molecule has 0 bridgehead atoms. The Labute approximate surface area is 101 Å². The molecule has 0 fully saturated rings. The van der Waals surface area contributed by atoms with Crippen LogP contribution in [0.25, 0.3) is 10.9 Å². The summed E-state index contributed by atoms with van der Waals surface area (Å²) in [6.07, 6.45) is 0. The molecule has 0 saturated carbocycles. The van der Waals surface area contributed by atoms with Gasteiger partial charge in [-0.2, -0.15) is 0 Å². The maximum atomic E-state index is 11.9. The first-order valence-corrected chi connectivity index (χ1v) is 5.83. The molecule has 3 nitrogen and oxygen atoms in total. The first-order chi connectivity index (χ1) is 7.99. The monoisotopic (exact) mass is 230 g/mol. The zero-order valence-corrected chi connectivity index (χ0v) is 10.7. The van der Waals surface area contributed by atoms with Crippen molar-refractivity contribution in [2.24, 2.45) is 5.92 Å². The number of fused-ring (bicyclic) bond motifs is 1. The summed E-state index contributed by atoms with van der Waals surface area (Å²) in [6.45, 7) is 3.83. The minimum Gasteiger partial charge on any atom is -0.378 e. The first-order valence-electron chi connectivity index (χ1n) is 5.83. The maximum Gasteiger partial charge on any atom is 0.181 e. The molecule has 0 aliphatic rings. The summed E-state index contributed by atoms with van der Waals surface area (Å²) in [7, 11) is 4.01. The fourth-order valence-electron chi connectivity index (χ4n) is 1.84.